The van der Waals surface area contributed by atoms with Crippen LogP contribution in [0.5, 0.6) is 5.75 Å². The molecule has 0 amide bonds. The van der Waals surface area contributed by atoms with Gasteiger partial charge in [0.2, 0.25) is 0 Å². The molecule has 7 nitrogen and oxygen atoms in total. The van der Waals surface area contributed by atoms with E-state index in [2.05, 4.69) is 65.1 Å². The maximum absolute atomic E-state index is 13.4. The van der Waals surface area contributed by atoms with Crippen molar-refractivity contribution in [2.24, 2.45) is 5.92 Å². The minimum Gasteiger partial charge on any atom is -0.508 e. The van der Waals surface area contributed by atoms with Crippen LogP contribution in [0.2, 0.25) is 0 Å². The standard InChI is InChI=1S/C31H37N5O2/c1-3-30(24(2)9-10-25-7-5-4-6-8-25)36-31(38)35(23-32-36)28-13-11-26(12-14-28)33-19-21-34(22-20-33)27-15-17-29(37)18-16-27/h4-8,11-18,23-24,30,37H,3,9-10,19-22H2,1-2H3/t24-,30+/m1/s1. The second-order valence-corrected chi connectivity index (χ2v) is 10.2. The van der Waals surface area contributed by atoms with Gasteiger partial charge in [-0.15, -0.1) is 0 Å². The number of nitrogens with zero attached hydrogens (tertiary/aromatic N) is 5. The summed E-state index contributed by atoms with van der Waals surface area (Å²) < 4.78 is 3.32. The van der Waals surface area contributed by atoms with Crippen molar-refractivity contribution < 1.29 is 5.11 Å². The molecule has 2 atom stereocenters. The minimum atomic E-state index is -0.0846. The topological polar surface area (TPSA) is 66.5 Å². The molecular weight excluding hydrogens is 474 g/mol. The molecule has 1 saturated heterocycles. The second kappa shape index (κ2) is 11.6. The summed E-state index contributed by atoms with van der Waals surface area (Å²) in [5, 5.41) is 14.1. The van der Waals surface area contributed by atoms with Gasteiger partial charge >= 0.3 is 5.69 Å². The van der Waals surface area contributed by atoms with Crippen LogP contribution in [0.15, 0.2) is 90.0 Å². The summed E-state index contributed by atoms with van der Waals surface area (Å²) in [6.07, 6.45) is 4.53. The molecule has 0 aliphatic carbocycles. The zero-order chi connectivity index (χ0) is 26.5. The molecule has 1 N–H and O–H groups in total. The number of phenolic OH excluding ortho intramolecular Hbond substituents is 1. The van der Waals surface area contributed by atoms with Crippen molar-refractivity contribution in [3.63, 3.8) is 0 Å². The van der Waals surface area contributed by atoms with Gasteiger partial charge in [0.25, 0.3) is 0 Å². The van der Waals surface area contributed by atoms with Crippen LogP contribution in [0.4, 0.5) is 11.4 Å². The van der Waals surface area contributed by atoms with Crippen molar-refractivity contribution in [1.29, 1.82) is 0 Å². The molecule has 198 valence electrons. The van der Waals surface area contributed by atoms with Crippen LogP contribution >= 0.6 is 0 Å². The summed E-state index contributed by atoms with van der Waals surface area (Å²) in [7, 11) is 0. The summed E-state index contributed by atoms with van der Waals surface area (Å²) in [5.41, 5.74) is 4.36. The first-order valence-corrected chi connectivity index (χ1v) is 13.6. The van der Waals surface area contributed by atoms with E-state index in [1.54, 1.807) is 27.7 Å². The molecule has 1 aromatic heterocycles. The number of aryl methyl sites for hydroxylation is 1. The maximum atomic E-state index is 13.4. The zero-order valence-electron chi connectivity index (χ0n) is 22.3. The number of hydrogen-bond acceptors (Lipinski definition) is 5. The molecule has 0 unspecified atom stereocenters. The Kier molecular flexibility index (Phi) is 7.82. The first-order valence-electron chi connectivity index (χ1n) is 13.6. The van der Waals surface area contributed by atoms with Crippen molar-refractivity contribution in [3.8, 4) is 11.4 Å². The molecule has 0 saturated carbocycles. The highest BCUT2D eigenvalue weighted by atomic mass is 16.3. The summed E-state index contributed by atoms with van der Waals surface area (Å²) in [6, 6.07) is 26.2. The summed E-state index contributed by atoms with van der Waals surface area (Å²) in [5.74, 6) is 0.629. The average molecular weight is 512 g/mol. The average Bonchev–Trinajstić information content (AvgIpc) is 3.34. The lowest BCUT2D eigenvalue weighted by molar-refractivity contribution is 0.293. The Morgan fingerprint density at radius 1 is 0.816 bits per heavy atom. The van der Waals surface area contributed by atoms with Gasteiger partial charge in [-0.3, -0.25) is 0 Å². The van der Waals surface area contributed by atoms with Gasteiger partial charge in [0.05, 0.1) is 11.7 Å². The number of rotatable bonds is 9. The van der Waals surface area contributed by atoms with E-state index in [-0.39, 0.29) is 11.7 Å². The van der Waals surface area contributed by atoms with E-state index in [0.29, 0.717) is 11.7 Å². The molecule has 2 heterocycles. The van der Waals surface area contributed by atoms with E-state index in [0.717, 1.165) is 62.5 Å². The number of anilines is 2. The molecule has 1 aliphatic rings. The molecule has 7 heteroatoms. The highest BCUT2D eigenvalue weighted by molar-refractivity contribution is 5.54. The first-order chi connectivity index (χ1) is 18.5. The van der Waals surface area contributed by atoms with Gasteiger partial charge in [0.15, 0.2) is 0 Å². The zero-order valence-corrected chi connectivity index (χ0v) is 22.3. The number of phenols is 1. The molecule has 5 rings (SSSR count). The molecule has 4 aromatic rings. The molecular formula is C31H37N5O2. The van der Waals surface area contributed by atoms with Crippen LogP contribution < -0.4 is 15.5 Å². The molecule has 1 fully saturated rings. The molecule has 3 aromatic carbocycles. The summed E-state index contributed by atoms with van der Waals surface area (Å²) in [6.45, 7) is 8.01. The Bertz CT molecular complexity index is 1350. The van der Waals surface area contributed by atoms with Crippen molar-refractivity contribution in [2.45, 2.75) is 39.2 Å². The fraction of sp³-hybridized carbons (Fsp3) is 0.355. The molecule has 0 spiro atoms. The monoisotopic (exact) mass is 511 g/mol. The Morgan fingerprint density at radius 2 is 1.37 bits per heavy atom. The second-order valence-electron chi connectivity index (χ2n) is 10.2. The van der Waals surface area contributed by atoms with Crippen molar-refractivity contribution in [3.05, 3.63) is 101 Å². The number of piperazine rings is 1. The Morgan fingerprint density at radius 3 is 1.95 bits per heavy atom. The first kappa shape index (κ1) is 25.6. The third-order valence-electron chi connectivity index (χ3n) is 7.80. The predicted octanol–water partition coefficient (Wildman–Crippen LogP) is 5.29. The summed E-state index contributed by atoms with van der Waals surface area (Å²) >= 11 is 0. The smallest absolute Gasteiger partial charge is 0.350 e. The quantitative estimate of drug-likeness (QED) is 0.331. The SMILES string of the molecule is CC[C@@H]([C@H](C)CCc1ccccc1)n1ncn(-c2ccc(N3CCN(c4ccc(O)cc4)CC3)cc2)c1=O. The van der Waals surface area contributed by atoms with E-state index < -0.39 is 0 Å². The lowest BCUT2D eigenvalue weighted by Crippen LogP contribution is -2.46. The van der Waals surface area contributed by atoms with Gasteiger partial charge < -0.3 is 14.9 Å². The molecule has 0 bridgehead atoms. The van der Waals surface area contributed by atoms with E-state index in [1.807, 2.05) is 30.3 Å². The fourth-order valence-corrected chi connectivity index (χ4v) is 5.48. The van der Waals surface area contributed by atoms with E-state index in [1.165, 1.54) is 5.56 Å². The van der Waals surface area contributed by atoms with Crippen LogP contribution in [0, 0.1) is 5.92 Å². The fourth-order valence-electron chi connectivity index (χ4n) is 5.48. The van der Waals surface area contributed by atoms with Crippen LogP contribution in [-0.4, -0.2) is 45.6 Å². The van der Waals surface area contributed by atoms with Crippen LogP contribution in [-0.2, 0) is 6.42 Å². The maximum Gasteiger partial charge on any atom is 0.350 e. The number of benzene rings is 3. The molecule has 0 radical (unpaired) electrons. The van der Waals surface area contributed by atoms with E-state index >= 15 is 0 Å². The number of hydrogen-bond donors (Lipinski definition) is 1. The van der Waals surface area contributed by atoms with Gasteiger partial charge in [-0.1, -0.05) is 44.2 Å². The predicted molar refractivity (Wildman–Crippen MR) is 154 cm³/mol. The lowest BCUT2D eigenvalue weighted by atomic mass is 9.93. The minimum absolute atomic E-state index is 0.0663. The van der Waals surface area contributed by atoms with E-state index in [4.69, 9.17) is 0 Å². The highest BCUT2D eigenvalue weighted by Crippen LogP contribution is 2.26. The number of aromatic hydroxyl groups is 1. The van der Waals surface area contributed by atoms with Crippen molar-refractivity contribution in [2.75, 3.05) is 36.0 Å². The molecule has 1 aliphatic heterocycles. The Balaban J connectivity index is 1.22. The normalized spacial score (nSPS) is 15.4. The van der Waals surface area contributed by atoms with Gasteiger partial charge in [0.1, 0.15) is 12.1 Å². The Hall–Kier alpha value is -4.00. The van der Waals surface area contributed by atoms with E-state index in [9.17, 15) is 9.90 Å². The highest BCUT2D eigenvalue weighted by Gasteiger charge is 2.22. The third-order valence-corrected chi connectivity index (χ3v) is 7.80. The third kappa shape index (κ3) is 5.62. The van der Waals surface area contributed by atoms with Crippen LogP contribution in [0.1, 0.15) is 38.3 Å². The van der Waals surface area contributed by atoms with Gasteiger partial charge in [-0.05, 0) is 79.3 Å². The van der Waals surface area contributed by atoms with Crippen molar-refractivity contribution >= 4 is 11.4 Å². The largest absolute Gasteiger partial charge is 0.508 e. The Labute approximate surface area is 224 Å². The lowest BCUT2D eigenvalue weighted by Gasteiger charge is -2.37. The van der Waals surface area contributed by atoms with Crippen LogP contribution in [0.3, 0.4) is 0 Å². The van der Waals surface area contributed by atoms with Gasteiger partial charge in [-0.25, -0.2) is 14.0 Å². The van der Waals surface area contributed by atoms with Crippen LogP contribution in [0.25, 0.3) is 5.69 Å². The number of aromatic nitrogens is 3. The van der Waals surface area contributed by atoms with Gasteiger partial charge in [0, 0.05) is 37.6 Å². The summed E-state index contributed by atoms with van der Waals surface area (Å²) in [4.78, 5) is 18.1. The van der Waals surface area contributed by atoms with Gasteiger partial charge in [-0.2, -0.15) is 5.10 Å². The van der Waals surface area contributed by atoms with Crippen molar-refractivity contribution in [1.82, 2.24) is 14.3 Å². The molecule has 38 heavy (non-hydrogen) atoms.